The molecule has 0 spiro atoms. The van der Waals surface area contributed by atoms with E-state index in [4.69, 9.17) is 4.98 Å². The fraction of sp³-hybridized carbons (Fsp3) is 0.250. The molecular formula is C24H23FN2O. The van der Waals surface area contributed by atoms with Crippen LogP contribution in [-0.2, 0) is 6.42 Å². The number of nitrogens with zero attached hydrogens (tertiary/aromatic N) is 2. The van der Waals surface area contributed by atoms with Crippen molar-refractivity contribution in [2.24, 2.45) is 0 Å². The predicted molar refractivity (Wildman–Crippen MR) is 108 cm³/mol. The number of hydrogen-bond donors (Lipinski definition) is 0. The fourth-order valence-corrected chi connectivity index (χ4v) is 3.80. The Morgan fingerprint density at radius 1 is 1.00 bits per heavy atom. The summed E-state index contributed by atoms with van der Waals surface area (Å²) in [5.74, 6) is 0.109. The van der Waals surface area contributed by atoms with E-state index in [9.17, 15) is 9.18 Å². The van der Waals surface area contributed by atoms with Gasteiger partial charge in [0.1, 0.15) is 5.82 Å². The van der Waals surface area contributed by atoms with Crippen molar-refractivity contribution in [1.82, 2.24) is 9.88 Å². The summed E-state index contributed by atoms with van der Waals surface area (Å²) in [6.45, 7) is 1.49. The minimum Gasteiger partial charge on any atom is -0.338 e. The summed E-state index contributed by atoms with van der Waals surface area (Å²) in [6, 6.07) is 22.1. The number of carbonyl (C=O) groups excluding carboxylic acids is 1. The average molecular weight is 374 g/mol. The summed E-state index contributed by atoms with van der Waals surface area (Å²) < 4.78 is 13.1. The minimum absolute atomic E-state index is 0.0905. The highest BCUT2D eigenvalue weighted by atomic mass is 19.1. The van der Waals surface area contributed by atoms with E-state index < -0.39 is 0 Å². The highest BCUT2D eigenvalue weighted by Crippen LogP contribution is 2.27. The van der Waals surface area contributed by atoms with E-state index >= 15 is 0 Å². The van der Waals surface area contributed by atoms with E-state index in [1.165, 1.54) is 12.1 Å². The zero-order chi connectivity index (χ0) is 19.3. The summed E-state index contributed by atoms with van der Waals surface area (Å²) >= 11 is 0. The van der Waals surface area contributed by atoms with Gasteiger partial charge in [0.2, 0.25) is 0 Å². The van der Waals surface area contributed by atoms with Gasteiger partial charge in [-0.1, -0.05) is 36.4 Å². The van der Waals surface area contributed by atoms with E-state index in [0.29, 0.717) is 13.0 Å². The Labute approximate surface area is 164 Å². The van der Waals surface area contributed by atoms with Crippen LogP contribution >= 0.6 is 0 Å². The monoisotopic (exact) mass is 374 g/mol. The number of aromatic nitrogens is 1. The Balaban J connectivity index is 1.47. The molecule has 0 bridgehead atoms. The van der Waals surface area contributed by atoms with E-state index in [2.05, 4.69) is 6.07 Å². The lowest BCUT2D eigenvalue weighted by Crippen LogP contribution is -2.39. The third kappa shape index (κ3) is 4.28. The van der Waals surface area contributed by atoms with Crippen LogP contribution in [0, 0.1) is 5.82 Å². The van der Waals surface area contributed by atoms with Crippen LogP contribution in [0.5, 0.6) is 0 Å². The molecule has 1 aliphatic rings. The maximum absolute atomic E-state index is 13.1. The van der Waals surface area contributed by atoms with Crippen LogP contribution in [0.25, 0.3) is 0 Å². The summed E-state index contributed by atoms with van der Waals surface area (Å²) in [7, 11) is 0. The molecule has 0 radical (unpaired) electrons. The summed E-state index contributed by atoms with van der Waals surface area (Å²) in [4.78, 5) is 19.6. The molecule has 1 saturated heterocycles. The highest BCUT2D eigenvalue weighted by molar-refractivity contribution is 5.94. The highest BCUT2D eigenvalue weighted by Gasteiger charge is 2.26. The van der Waals surface area contributed by atoms with Gasteiger partial charge in [0.25, 0.3) is 5.91 Å². The van der Waals surface area contributed by atoms with Crippen molar-refractivity contribution in [3.8, 4) is 0 Å². The summed E-state index contributed by atoms with van der Waals surface area (Å²) in [5, 5.41) is 0. The van der Waals surface area contributed by atoms with Crippen molar-refractivity contribution < 1.29 is 9.18 Å². The molecule has 142 valence electrons. The quantitative estimate of drug-likeness (QED) is 0.655. The zero-order valence-electron chi connectivity index (χ0n) is 15.7. The minimum atomic E-state index is -0.226. The Morgan fingerprint density at radius 2 is 1.79 bits per heavy atom. The van der Waals surface area contributed by atoms with Gasteiger partial charge in [0.05, 0.1) is 0 Å². The van der Waals surface area contributed by atoms with Gasteiger partial charge in [-0.05, 0) is 54.8 Å². The summed E-state index contributed by atoms with van der Waals surface area (Å²) in [6.07, 6.45) is 2.69. The Kier molecular flexibility index (Phi) is 5.47. The van der Waals surface area contributed by atoms with E-state index in [0.717, 1.165) is 41.9 Å². The maximum atomic E-state index is 13.1. The van der Waals surface area contributed by atoms with Crippen LogP contribution < -0.4 is 0 Å². The average Bonchev–Trinajstić information content (AvgIpc) is 2.76. The lowest BCUT2D eigenvalue weighted by molar-refractivity contribution is 0.0706. The molecule has 3 aromatic rings. The Hall–Kier alpha value is -3.01. The van der Waals surface area contributed by atoms with Crippen molar-refractivity contribution >= 4 is 5.91 Å². The van der Waals surface area contributed by atoms with E-state index in [1.54, 1.807) is 12.1 Å². The first-order valence-electron chi connectivity index (χ1n) is 9.73. The van der Waals surface area contributed by atoms with Crippen LogP contribution in [0.3, 0.4) is 0 Å². The van der Waals surface area contributed by atoms with Gasteiger partial charge in [0, 0.05) is 42.4 Å². The third-order valence-electron chi connectivity index (χ3n) is 5.27. The number of carbonyl (C=O) groups is 1. The van der Waals surface area contributed by atoms with Crippen LogP contribution in [0.15, 0.2) is 72.8 Å². The number of amides is 1. The standard InChI is InChI=1S/C24H23FN2O/c25-21-13-11-18(12-14-21)16-22-9-4-10-23(26-22)20-8-5-15-27(17-20)24(28)19-6-2-1-3-7-19/h1-4,6-7,9-14,20H,5,8,15-17H2/t20-/m1/s1. The van der Waals surface area contributed by atoms with Crippen molar-refractivity contribution in [3.63, 3.8) is 0 Å². The molecule has 4 heteroatoms. The van der Waals surface area contributed by atoms with Gasteiger partial charge < -0.3 is 4.90 Å². The Bertz CT molecular complexity index is 940. The van der Waals surface area contributed by atoms with Gasteiger partial charge in [-0.3, -0.25) is 9.78 Å². The number of likely N-dealkylation sites (tertiary alicyclic amines) is 1. The molecule has 1 fully saturated rings. The summed E-state index contributed by atoms with van der Waals surface area (Å²) in [5.41, 5.74) is 3.78. The molecule has 0 N–H and O–H groups in total. The van der Waals surface area contributed by atoms with E-state index in [-0.39, 0.29) is 17.6 Å². The van der Waals surface area contributed by atoms with Crippen LogP contribution in [0.2, 0.25) is 0 Å². The normalized spacial score (nSPS) is 16.8. The predicted octanol–water partition coefficient (Wildman–Crippen LogP) is 4.83. The van der Waals surface area contributed by atoms with Gasteiger partial charge in [-0.25, -0.2) is 4.39 Å². The van der Waals surface area contributed by atoms with Crippen LogP contribution in [0.4, 0.5) is 4.39 Å². The fourth-order valence-electron chi connectivity index (χ4n) is 3.80. The number of benzene rings is 2. The molecular weight excluding hydrogens is 351 g/mol. The van der Waals surface area contributed by atoms with Crippen molar-refractivity contribution in [2.45, 2.75) is 25.2 Å². The molecule has 2 aromatic carbocycles. The van der Waals surface area contributed by atoms with Crippen LogP contribution in [0.1, 0.15) is 46.1 Å². The second kappa shape index (κ2) is 8.34. The lowest BCUT2D eigenvalue weighted by atomic mass is 9.93. The molecule has 1 aliphatic heterocycles. The van der Waals surface area contributed by atoms with Gasteiger partial charge >= 0.3 is 0 Å². The molecule has 1 amide bonds. The smallest absolute Gasteiger partial charge is 0.253 e. The van der Waals surface area contributed by atoms with Crippen molar-refractivity contribution in [3.05, 3.63) is 101 Å². The maximum Gasteiger partial charge on any atom is 0.253 e. The van der Waals surface area contributed by atoms with Gasteiger partial charge in [-0.2, -0.15) is 0 Å². The molecule has 1 aromatic heterocycles. The first kappa shape index (κ1) is 18.4. The number of pyridine rings is 1. The van der Waals surface area contributed by atoms with Gasteiger partial charge in [-0.15, -0.1) is 0 Å². The second-order valence-electron chi connectivity index (χ2n) is 7.31. The topological polar surface area (TPSA) is 33.2 Å². The molecule has 3 nitrogen and oxygen atoms in total. The first-order chi connectivity index (χ1) is 13.7. The number of hydrogen-bond acceptors (Lipinski definition) is 2. The third-order valence-corrected chi connectivity index (χ3v) is 5.27. The molecule has 4 rings (SSSR count). The SMILES string of the molecule is O=C(c1ccccc1)N1CCC[C@@H](c2cccc(Cc3ccc(F)cc3)n2)C1. The van der Waals surface area contributed by atoms with Gasteiger partial charge in [0.15, 0.2) is 0 Å². The molecule has 1 atom stereocenters. The molecule has 0 unspecified atom stereocenters. The first-order valence-corrected chi connectivity index (χ1v) is 9.73. The molecule has 2 heterocycles. The number of rotatable bonds is 4. The van der Waals surface area contributed by atoms with E-state index in [1.807, 2.05) is 47.4 Å². The van der Waals surface area contributed by atoms with Crippen molar-refractivity contribution in [2.75, 3.05) is 13.1 Å². The largest absolute Gasteiger partial charge is 0.338 e. The van der Waals surface area contributed by atoms with Crippen LogP contribution in [-0.4, -0.2) is 28.9 Å². The lowest BCUT2D eigenvalue weighted by Gasteiger charge is -2.32. The Morgan fingerprint density at radius 3 is 2.57 bits per heavy atom. The molecule has 28 heavy (non-hydrogen) atoms. The number of piperidine rings is 1. The molecule has 0 saturated carbocycles. The second-order valence-corrected chi connectivity index (χ2v) is 7.31. The zero-order valence-corrected chi connectivity index (χ0v) is 15.7. The van der Waals surface area contributed by atoms with Crippen molar-refractivity contribution in [1.29, 1.82) is 0 Å². The molecule has 0 aliphatic carbocycles. The number of halogens is 1.